The zero-order valence-corrected chi connectivity index (χ0v) is 16.8. The van der Waals surface area contributed by atoms with E-state index in [-0.39, 0.29) is 5.69 Å². The highest BCUT2D eigenvalue weighted by Crippen LogP contribution is 2.38. The van der Waals surface area contributed by atoms with Crippen molar-refractivity contribution in [2.75, 3.05) is 13.7 Å². The van der Waals surface area contributed by atoms with E-state index in [0.717, 1.165) is 17.2 Å². The molecule has 1 aromatic heterocycles. The molecule has 1 aliphatic rings. The Morgan fingerprint density at radius 3 is 2.57 bits per heavy atom. The summed E-state index contributed by atoms with van der Waals surface area (Å²) in [6, 6.07) is 4.16. The van der Waals surface area contributed by atoms with Crippen LogP contribution in [0.5, 0.6) is 11.5 Å². The summed E-state index contributed by atoms with van der Waals surface area (Å²) in [5, 5.41) is 13.2. The standard InChI is InChI=1S/C20H23F3N2O5/c1-11(2)18(19(26)27)25-13(10-16(24-25)20(21,22)23)12-6-7-14(28-3)15(9-12)30-17-5-4-8-29-17/h6-7,9-11,17-18H,4-5,8H2,1-3H3,(H,26,27). The van der Waals surface area contributed by atoms with Gasteiger partial charge in [0.2, 0.25) is 0 Å². The van der Waals surface area contributed by atoms with Gasteiger partial charge in [0.1, 0.15) is 0 Å². The number of hydrogen-bond donors (Lipinski definition) is 1. The normalized spacial score (nSPS) is 17.9. The lowest BCUT2D eigenvalue weighted by Crippen LogP contribution is -2.26. The molecule has 2 unspecified atom stereocenters. The molecule has 0 spiro atoms. The monoisotopic (exact) mass is 428 g/mol. The van der Waals surface area contributed by atoms with E-state index in [1.165, 1.54) is 19.2 Å². The van der Waals surface area contributed by atoms with Crippen LogP contribution in [0.3, 0.4) is 0 Å². The van der Waals surface area contributed by atoms with Crippen molar-refractivity contribution in [1.82, 2.24) is 9.78 Å². The number of aromatic nitrogens is 2. The quantitative estimate of drug-likeness (QED) is 0.705. The number of methoxy groups -OCH3 is 1. The number of carbonyl (C=O) groups is 1. The van der Waals surface area contributed by atoms with Crippen molar-refractivity contribution in [3.63, 3.8) is 0 Å². The maximum atomic E-state index is 13.3. The van der Waals surface area contributed by atoms with Crippen LogP contribution in [0, 0.1) is 5.92 Å². The van der Waals surface area contributed by atoms with Crippen molar-refractivity contribution >= 4 is 5.97 Å². The van der Waals surface area contributed by atoms with Gasteiger partial charge in [-0.05, 0) is 36.6 Å². The van der Waals surface area contributed by atoms with Crippen LogP contribution in [0.15, 0.2) is 24.3 Å². The van der Waals surface area contributed by atoms with Crippen LogP contribution in [0.2, 0.25) is 0 Å². The van der Waals surface area contributed by atoms with Gasteiger partial charge < -0.3 is 19.3 Å². The number of benzene rings is 1. The van der Waals surface area contributed by atoms with Gasteiger partial charge in [0.05, 0.1) is 19.4 Å². The lowest BCUT2D eigenvalue weighted by Gasteiger charge is -2.20. The average Bonchev–Trinajstić information content (AvgIpc) is 3.31. The minimum atomic E-state index is -4.72. The smallest absolute Gasteiger partial charge is 0.435 e. The number of aliphatic carboxylic acids is 1. The van der Waals surface area contributed by atoms with Gasteiger partial charge in [0, 0.05) is 12.0 Å². The number of hydrogen-bond acceptors (Lipinski definition) is 5. The lowest BCUT2D eigenvalue weighted by molar-refractivity contribution is -0.145. The van der Waals surface area contributed by atoms with Crippen molar-refractivity contribution in [2.45, 2.75) is 45.2 Å². The highest BCUT2D eigenvalue weighted by atomic mass is 19.4. The molecular formula is C20H23F3N2O5. The van der Waals surface area contributed by atoms with Gasteiger partial charge in [0.25, 0.3) is 0 Å². The van der Waals surface area contributed by atoms with Crippen molar-refractivity contribution in [1.29, 1.82) is 0 Å². The number of carboxylic acids is 1. The van der Waals surface area contributed by atoms with Gasteiger partial charge in [-0.25, -0.2) is 9.48 Å². The predicted octanol–water partition coefficient (Wildman–Crippen LogP) is 4.37. The van der Waals surface area contributed by atoms with E-state index in [1.54, 1.807) is 19.9 Å². The van der Waals surface area contributed by atoms with Gasteiger partial charge in [-0.3, -0.25) is 0 Å². The molecular weight excluding hydrogens is 405 g/mol. The third-order valence-electron chi connectivity index (χ3n) is 4.78. The summed E-state index contributed by atoms with van der Waals surface area (Å²) in [6.07, 6.45) is -3.68. The molecule has 0 aliphatic carbocycles. The summed E-state index contributed by atoms with van der Waals surface area (Å²) in [6.45, 7) is 3.78. The number of rotatable bonds is 7. The fourth-order valence-electron chi connectivity index (χ4n) is 3.34. The molecule has 7 nitrogen and oxygen atoms in total. The molecule has 1 saturated heterocycles. The molecule has 0 bridgehead atoms. The number of halogens is 3. The zero-order chi connectivity index (χ0) is 22.1. The summed E-state index contributed by atoms with van der Waals surface area (Å²) in [5.74, 6) is -1.09. The number of nitrogens with zero attached hydrogens (tertiary/aromatic N) is 2. The molecule has 0 saturated carbocycles. The molecule has 1 aromatic carbocycles. The maximum absolute atomic E-state index is 13.3. The molecule has 1 fully saturated rings. The first-order valence-corrected chi connectivity index (χ1v) is 9.48. The van der Waals surface area contributed by atoms with Crippen molar-refractivity contribution in [2.24, 2.45) is 5.92 Å². The van der Waals surface area contributed by atoms with Crippen LogP contribution in [0.25, 0.3) is 11.3 Å². The minimum absolute atomic E-state index is 0.0169. The van der Waals surface area contributed by atoms with Crippen LogP contribution in [0.4, 0.5) is 13.2 Å². The second-order valence-corrected chi connectivity index (χ2v) is 7.31. The van der Waals surface area contributed by atoms with Crippen LogP contribution >= 0.6 is 0 Å². The van der Waals surface area contributed by atoms with Gasteiger partial charge in [-0.2, -0.15) is 18.3 Å². The number of alkyl halides is 3. The summed E-state index contributed by atoms with van der Waals surface area (Å²) < 4.78 is 57.5. The Balaban J connectivity index is 2.11. The van der Waals surface area contributed by atoms with E-state index in [4.69, 9.17) is 14.2 Å². The molecule has 2 aromatic rings. The summed E-state index contributed by atoms with van der Waals surface area (Å²) >= 11 is 0. The Bertz CT molecular complexity index is 904. The molecule has 1 aliphatic heterocycles. The zero-order valence-electron chi connectivity index (χ0n) is 16.8. The van der Waals surface area contributed by atoms with Crippen LogP contribution in [0.1, 0.15) is 38.4 Å². The Morgan fingerprint density at radius 2 is 2.03 bits per heavy atom. The number of ether oxygens (including phenoxy) is 3. The summed E-state index contributed by atoms with van der Waals surface area (Å²) in [5.41, 5.74) is -0.830. The molecule has 3 rings (SSSR count). The van der Waals surface area contributed by atoms with Crippen LogP contribution in [-0.2, 0) is 15.7 Å². The van der Waals surface area contributed by atoms with E-state index in [2.05, 4.69) is 5.10 Å². The second kappa shape index (κ2) is 8.55. The average molecular weight is 428 g/mol. The molecule has 0 radical (unpaired) electrons. The lowest BCUT2D eigenvalue weighted by atomic mass is 10.0. The van der Waals surface area contributed by atoms with Crippen LogP contribution in [-0.4, -0.2) is 40.9 Å². The first-order chi connectivity index (χ1) is 14.1. The predicted molar refractivity (Wildman–Crippen MR) is 100 cm³/mol. The third kappa shape index (κ3) is 4.53. The topological polar surface area (TPSA) is 82.8 Å². The molecule has 1 N–H and O–H groups in total. The summed E-state index contributed by atoms with van der Waals surface area (Å²) in [7, 11) is 1.45. The first-order valence-electron chi connectivity index (χ1n) is 9.48. The van der Waals surface area contributed by atoms with Crippen molar-refractivity contribution < 1.29 is 37.3 Å². The number of carboxylic acid groups (broad SMARTS) is 1. The molecule has 10 heteroatoms. The van der Waals surface area contributed by atoms with Gasteiger partial charge in [-0.15, -0.1) is 0 Å². The maximum Gasteiger partial charge on any atom is 0.435 e. The Morgan fingerprint density at radius 1 is 1.30 bits per heavy atom. The van der Waals surface area contributed by atoms with E-state index >= 15 is 0 Å². The molecule has 164 valence electrons. The highest BCUT2D eigenvalue weighted by molar-refractivity contribution is 5.74. The minimum Gasteiger partial charge on any atom is -0.493 e. The van der Waals surface area contributed by atoms with E-state index in [1.807, 2.05) is 0 Å². The van der Waals surface area contributed by atoms with Gasteiger partial charge >= 0.3 is 12.1 Å². The molecule has 2 atom stereocenters. The Hall–Kier alpha value is -2.75. The Kier molecular flexibility index (Phi) is 6.25. The third-order valence-corrected chi connectivity index (χ3v) is 4.78. The van der Waals surface area contributed by atoms with Gasteiger partial charge in [-0.1, -0.05) is 13.8 Å². The SMILES string of the molecule is COc1ccc(-c2cc(C(F)(F)F)nn2C(C(=O)O)C(C)C)cc1OC1CCCO1. The fraction of sp³-hybridized carbons (Fsp3) is 0.500. The van der Waals surface area contributed by atoms with Crippen LogP contribution < -0.4 is 9.47 Å². The summed E-state index contributed by atoms with van der Waals surface area (Å²) in [4.78, 5) is 11.8. The van der Waals surface area contributed by atoms with Crippen molar-refractivity contribution in [3.05, 3.63) is 30.0 Å². The molecule has 2 heterocycles. The largest absolute Gasteiger partial charge is 0.493 e. The van der Waals surface area contributed by atoms with E-state index in [9.17, 15) is 23.1 Å². The fourth-order valence-corrected chi connectivity index (χ4v) is 3.34. The molecule has 30 heavy (non-hydrogen) atoms. The highest BCUT2D eigenvalue weighted by Gasteiger charge is 2.37. The van der Waals surface area contributed by atoms with Crippen molar-refractivity contribution in [3.8, 4) is 22.8 Å². The Labute approximate surface area is 171 Å². The van der Waals surface area contributed by atoms with E-state index < -0.39 is 36.1 Å². The first kappa shape index (κ1) is 21.9. The molecule has 0 amide bonds. The second-order valence-electron chi connectivity index (χ2n) is 7.31. The van der Waals surface area contributed by atoms with E-state index in [0.29, 0.717) is 30.1 Å². The van der Waals surface area contributed by atoms with Gasteiger partial charge in [0.15, 0.2) is 29.5 Å².